The molecule has 33 heavy (non-hydrogen) atoms. The maximum Gasteiger partial charge on any atom is 0.508 e. The number of methoxy groups -OCH3 is 2. The number of amides is 1. The van der Waals surface area contributed by atoms with E-state index < -0.39 is 12.2 Å². The first-order valence-electron chi connectivity index (χ1n) is 10.1. The molecule has 4 rings (SSSR count). The minimum Gasteiger partial charge on any atom is -0.452 e. The van der Waals surface area contributed by atoms with Crippen LogP contribution >= 0.6 is 11.6 Å². The van der Waals surface area contributed by atoms with Crippen LogP contribution in [0.4, 0.5) is 9.59 Å². The van der Waals surface area contributed by atoms with Crippen molar-refractivity contribution in [3.8, 4) is 11.1 Å². The molecule has 0 N–H and O–H groups in total. The Morgan fingerprint density at radius 1 is 1.12 bits per heavy atom. The van der Waals surface area contributed by atoms with E-state index in [-0.39, 0.29) is 12.5 Å². The molecule has 8 nitrogen and oxygen atoms in total. The molecule has 3 aromatic rings. The fourth-order valence-corrected chi connectivity index (χ4v) is 3.97. The molecule has 170 valence electrons. The van der Waals surface area contributed by atoms with Crippen molar-refractivity contribution in [1.82, 2.24) is 14.3 Å². The van der Waals surface area contributed by atoms with Gasteiger partial charge in [-0.15, -0.1) is 0 Å². The third-order valence-corrected chi connectivity index (χ3v) is 5.50. The molecule has 0 bridgehead atoms. The molecule has 0 aliphatic carbocycles. The second-order valence-electron chi connectivity index (χ2n) is 7.38. The van der Waals surface area contributed by atoms with Gasteiger partial charge in [0.1, 0.15) is 12.3 Å². The highest BCUT2D eigenvalue weighted by Crippen LogP contribution is 2.33. The highest BCUT2D eigenvalue weighted by Gasteiger charge is 2.22. The van der Waals surface area contributed by atoms with Crippen LogP contribution < -0.4 is 0 Å². The number of aromatic nitrogens is 2. The smallest absolute Gasteiger partial charge is 0.452 e. The van der Waals surface area contributed by atoms with Gasteiger partial charge in [0.25, 0.3) is 0 Å². The Morgan fingerprint density at radius 2 is 1.88 bits per heavy atom. The number of imidazole rings is 1. The molecular formula is C24H22ClN3O5. The number of nitrogens with zero attached hydrogens (tertiary/aromatic N) is 3. The average Bonchev–Trinajstić information content (AvgIpc) is 3.17. The molecule has 0 atom stereocenters. The van der Waals surface area contributed by atoms with Crippen LogP contribution in [0.3, 0.4) is 0 Å². The van der Waals surface area contributed by atoms with Crippen molar-refractivity contribution >= 4 is 29.5 Å². The zero-order valence-electron chi connectivity index (χ0n) is 18.3. The molecule has 9 heteroatoms. The predicted octanol–water partition coefficient (Wildman–Crippen LogP) is 5.44. The van der Waals surface area contributed by atoms with Crippen LogP contribution in [0, 0.1) is 6.92 Å². The SMILES string of the molecule is COC(=O)OCc1cc(-c2cccc(Cl)c2)c2nc(C)c(C3C=CN(C(=O)OC)C=C3)n2c1. The molecule has 0 unspecified atom stereocenters. The van der Waals surface area contributed by atoms with Gasteiger partial charge in [0, 0.05) is 40.7 Å². The molecule has 0 saturated heterocycles. The van der Waals surface area contributed by atoms with Gasteiger partial charge >= 0.3 is 12.2 Å². The number of halogens is 1. The van der Waals surface area contributed by atoms with Crippen molar-refractivity contribution in [1.29, 1.82) is 0 Å². The summed E-state index contributed by atoms with van der Waals surface area (Å²) in [4.78, 5) is 29.5. The number of carbonyl (C=O) groups is 2. The van der Waals surface area contributed by atoms with Gasteiger partial charge in [0.05, 0.1) is 25.6 Å². The van der Waals surface area contributed by atoms with Gasteiger partial charge in [-0.2, -0.15) is 0 Å². The van der Waals surface area contributed by atoms with Crippen LogP contribution in [0.2, 0.25) is 5.02 Å². The lowest BCUT2D eigenvalue weighted by Crippen LogP contribution is -2.22. The molecule has 1 amide bonds. The number of hydrogen-bond acceptors (Lipinski definition) is 6. The van der Waals surface area contributed by atoms with Crippen LogP contribution in [0.15, 0.2) is 61.1 Å². The Kier molecular flexibility index (Phi) is 6.37. The largest absolute Gasteiger partial charge is 0.508 e. The Labute approximate surface area is 195 Å². The highest BCUT2D eigenvalue weighted by molar-refractivity contribution is 6.30. The van der Waals surface area contributed by atoms with Gasteiger partial charge in [-0.05, 0) is 30.7 Å². The van der Waals surface area contributed by atoms with Crippen LogP contribution in [0.5, 0.6) is 0 Å². The lowest BCUT2D eigenvalue weighted by Gasteiger charge is -2.20. The fourth-order valence-electron chi connectivity index (χ4n) is 3.78. The van der Waals surface area contributed by atoms with E-state index in [2.05, 4.69) is 4.74 Å². The first kappa shape index (κ1) is 22.4. The molecule has 2 aromatic heterocycles. The third-order valence-electron chi connectivity index (χ3n) is 5.27. The maximum absolute atomic E-state index is 11.8. The van der Waals surface area contributed by atoms with E-state index in [4.69, 9.17) is 26.1 Å². The summed E-state index contributed by atoms with van der Waals surface area (Å²) in [6.45, 7) is 1.96. The van der Waals surface area contributed by atoms with Gasteiger partial charge in [-0.25, -0.2) is 14.6 Å². The molecule has 0 spiro atoms. The van der Waals surface area contributed by atoms with Crippen LogP contribution in [0.1, 0.15) is 22.9 Å². The monoisotopic (exact) mass is 467 g/mol. The summed E-state index contributed by atoms with van der Waals surface area (Å²) in [5.74, 6) is -0.134. The van der Waals surface area contributed by atoms with E-state index in [0.717, 1.165) is 33.7 Å². The summed E-state index contributed by atoms with van der Waals surface area (Å²) in [7, 11) is 2.60. The standard InChI is InChI=1S/C24H22ClN3O5/c1-15-21(17-7-9-27(10-8-17)23(29)31-2)28-13-16(14-33-24(30)32-3)11-20(22(28)26-15)18-5-4-6-19(25)12-18/h4-13,17H,14H2,1-3H3. The molecule has 0 radical (unpaired) electrons. The average molecular weight is 468 g/mol. The van der Waals surface area contributed by atoms with Crippen molar-refractivity contribution < 1.29 is 23.8 Å². The Bertz CT molecular complexity index is 1270. The normalized spacial score (nSPS) is 13.4. The van der Waals surface area contributed by atoms with Crippen molar-refractivity contribution in [2.75, 3.05) is 14.2 Å². The Balaban J connectivity index is 1.83. The summed E-state index contributed by atoms with van der Waals surface area (Å²) in [6.07, 6.45) is 7.77. The Hall–Kier alpha value is -3.78. The number of benzene rings is 1. The maximum atomic E-state index is 11.8. The summed E-state index contributed by atoms with van der Waals surface area (Å²) in [6, 6.07) is 9.41. The van der Waals surface area contributed by atoms with E-state index in [1.807, 2.05) is 53.9 Å². The number of pyridine rings is 1. The van der Waals surface area contributed by atoms with Crippen molar-refractivity contribution in [2.24, 2.45) is 0 Å². The molecule has 1 aliphatic rings. The number of ether oxygens (including phenoxy) is 3. The third kappa shape index (κ3) is 4.56. The summed E-state index contributed by atoms with van der Waals surface area (Å²) in [5.41, 5.74) is 4.97. The van der Waals surface area contributed by atoms with Crippen LogP contribution in [-0.2, 0) is 20.8 Å². The van der Waals surface area contributed by atoms with E-state index in [0.29, 0.717) is 5.02 Å². The van der Waals surface area contributed by atoms with E-state index in [9.17, 15) is 9.59 Å². The topological polar surface area (TPSA) is 82.4 Å². The van der Waals surface area contributed by atoms with E-state index in [1.165, 1.54) is 19.1 Å². The first-order valence-corrected chi connectivity index (χ1v) is 10.5. The number of fused-ring (bicyclic) bond motifs is 1. The minimum absolute atomic E-state index is 0.0271. The summed E-state index contributed by atoms with van der Waals surface area (Å²) < 4.78 is 16.5. The number of aryl methyl sites for hydroxylation is 1. The zero-order chi connectivity index (χ0) is 23.5. The molecule has 3 heterocycles. The van der Waals surface area contributed by atoms with Crippen molar-refractivity contribution in [3.05, 3.63) is 83.1 Å². The number of allylic oxidation sites excluding steroid dienone is 2. The quantitative estimate of drug-likeness (QED) is 0.475. The zero-order valence-corrected chi connectivity index (χ0v) is 19.1. The predicted molar refractivity (Wildman–Crippen MR) is 123 cm³/mol. The fraction of sp³-hybridized carbons (Fsp3) is 0.208. The van der Waals surface area contributed by atoms with Crippen molar-refractivity contribution in [2.45, 2.75) is 19.4 Å². The molecule has 0 saturated carbocycles. The lowest BCUT2D eigenvalue weighted by molar-refractivity contribution is 0.0668. The number of carbonyl (C=O) groups excluding carboxylic acids is 2. The number of hydrogen-bond donors (Lipinski definition) is 0. The van der Waals surface area contributed by atoms with Crippen molar-refractivity contribution in [3.63, 3.8) is 0 Å². The summed E-state index contributed by atoms with van der Waals surface area (Å²) >= 11 is 6.24. The summed E-state index contributed by atoms with van der Waals surface area (Å²) in [5, 5.41) is 0.603. The second-order valence-corrected chi connectivity index (χ2v) is 7.81. The highest BCUT2D eigenvalue weighted by atomic mass is 35.5. The lowest BCUT2D eigenvalue weighted by atomic mass is 10.0. The van der Waals surface area contributed by atoms with Gasteiger partial charge in [0.2, 0.25) is 0 Å². The van der Waals surface area contributed by atoms with Crippen LogP contribution in [0.25, 0.3) is 16.8 Å². The van der Waals surface area contributed by atoms with Gasteiger partial charge < -0.3 is 18.6 Å². The molecule has 0 fully saturated rings. The van der Waals surface area contributed by atoms with Gasteiger partial charge in [0.15, 0.2) is 0 Å². The molecule has 1 aromatic carbocycles. The van der Waals surface area contributed by atoms with Gasteiger partial charge in [-0.1, -0.05) is 35.9 Å². The van der Waals surface area contributed by atoms with E-state index >= 15 is 0 Å². The van der Waals surface area contributed by atoms with Crippen LogP contribution in [-0.4, -0.2) is 40.8 Å². The minimum atomic E-state index is -0.762. The molecular weight excluding hydrogens is 446 g/mol. The first-order chi connectivity index (χ1) is 15.9. The van der Waals surface area contributed by atoms with E-state index in [1.54, 1.807) is 18.5 Å². The number of rotatable bonds is 4. The molecule has 1 aliphatic heterocycles. The Morgan fingerprint density at radius 3 is 2.55 bits per heavy atom. The second kappa shape index (κ2) is 9.38. The van der Waals surface area contributed by atoms with Gasteiger partial charge in [-0.3, -0.25) is 4.90 Å².